The highest BCUT2D eigenvalue weighted by atomic mass is 32.2. The maximum atomic E-state index is 6.19. The molecule has 3 rings (SSSR count). The Morgan fingerprint density at radius 1 is 1.33 bits per heavy atom. The zero-order valence-corrected chi connectivity index (χ0v) is 12.7. The summed E-state index contributed by atoms with van der Waals surface area (Å²) < 4.78 is 6.19. The molecule has 0 amide bonds. The minimum atomic E-state index is 0.236. The molecule has 104 valence electrons. The molecule has 0 saturated carbocycles. The Balaban J connectivity index is 1.78. The van der Waals surface area contributed by atoms with Gasteiger partial charge in [-0.25, -0.2) is 0 Å². The lowest BCUT2D eigenvalue weighted by Crippen LogP contribution is -2.56. The van der Waals surface area contributed by atoms with Crippen molar-refractivity contribution in [1.82, 2.24) is 5.32 Å². The van der Waals surface area contributed by atoms with Crippen molar-refractivity contribution < 1.29 is 4.74 Å². The molecule has 3 aliphatic heterocycles. The van der Waals surface area contributed by atoms with Crippen LogP contribution in [0.5, 0.6) is 0 Å². The average molecular weight is 269 g/mol. The second kappa shape index (κ2) is 4.99. The predicted octanol–water partition coefficient (Wildman–Crippen LogP) is 3.07. The van der Waals surface area contributed by atoms with Gasteiger partial charge >= 0.3 is 0 Å². The van der Waals surface area contributed by atoms with E-state index < -0.39 is 0 Å². The van der Waals surface area contributed by atoms with Gasteiger partial charge in [0.2, 0.25) is 0 Å². The van der Waals surface area contributed by atoms with Gasteiger partial charge in [0.05, 0.1) is 5.60 Å². The van der Waals surface area contributed by atoms with Crippen molar-refractivity contribution in [3.63, 3.8) is 0 Å². The van der Waals surface area contributed by atoms with Crippen LogP contribution in [-0.4, -0.2) is 35.8 Å². The first kappa shape index (κ1) is 13.3. The topological polar surface area (TPSA) is 21.3 Å². The molecule has 3 heteroatoms. The second-order valence-electron chi connectivity index (χ2n) is 6.75. The standard InChI is InChI=1S/C15H27NOS/c1-12(2)15(5-3-7-16-15)13-4-8-17-14(10-13)6-9-18-11-14/h12-13,16H,3-11H2,1-2H3. The van der Waals surface area contributed by atoms with Crippen LogP contribution < -0.4 is 5.32 Å². The third-order valence-corrected chi connectivity index (χ3v) is 6.76. The van der Waals surface area contributed by atoms with Crippen molar-refractivity contribution in [2.45, 2.75) is 57.1 Å². The van der Waals surface area contributed by atoms with Crippen LogP contribution >= 0.6 is 11.8 Å². The summed E-state index contributed by atoms with van der Waals surface area (Å²) in [5, 5.41) is 3.88. The minimum Gasteiger partial charge on any atom is -0.374 e. The Morgan fingerprint density at radius 2 is 2.22 bits per heavy atom. The van der Waals surface area contributed by atoms with Gasteiger partial charge in [0.1, 0.15) is 0 Å². The van der Waals surface area contributed by atoms with E-state index in [1.54, 1.807) is 0 Å². The summed E-state index contributed by atoms with van der Waals surface area (Å²) in [7, 11) is 0. The monoisotopic (exact) mass is 269 g/mol. The van der Waals surface area contributed by atoms with Crippen LogP contribution in [0.25, 0.3) is 0 Å². The summed E-state index contributed by atoms with van der Waals surface area (Å²) in [6, 6.07) is 0. The number of rotatable bonds is 2. The van der Waals surface area contributed by atoms with Crippen molar-refractivity contribution in [3.8, 4) is 0 Å². The number of ether oxygens (including phenoxy) is 1. The molecular formula is C15H27NOS. The normalized spacial score (nSPS) is 45.2. The number of hydrogen-bond donors (Lipinski definition) is 1. The fourth-order valence-corrected chi connectivity index (χ4v) is 5.81. The fourth-order valence-electron chi connectivity index (χ4n) is 4.43. The molecule has 3 heterocycles. The first-order chi connectivity index (χ1) is 8.67. The van der Waals surface area contributed by atoms with Gasteiger partial charge in [0.25, 0.3) is 0 Å². The maximum absolute atomic E-state index is 6.19. The molecule has 3 saturated heterocycles. The highest BCUT2D eigenvalue weighted by Crippen LogP contribution is 2.47. The molecule has 0 aromatic carbocycles. The molecule has 2 nitrogen and oxygen atoms in total. The van der Waals surface area contributed by atoms with E-state index in [2.05, 4.69) is 30.9 Å². The van der Waals surface area contributed by atoms with E-state index in [0.29, 0.717) is 5.54 Å². The summed E-state index contributed by atoms with van der Waals surface area (Å²) >= 11 is 2.09. The van der Waals surface area contributed by atoms with Crippen LogP contribution in [0.15, 0.2) is 0 Å². The smallest absolute Gasteiger partial charge is 0.0783 e. The molecule has 0 aromatic heterocycles. The highest BCUT2D eigenvalue weighted by Gasteiger charge is 2.50. The summed E-state index contributed by atoms with van der Waals surface area (Å²) in [6.07, 6.45) is 6.57. The Labute approximate surface area is 116 Å². The van der Waals surface area contributed by atoms with Gasteiger partial charge in [0.15, 0.2) is 0 Å². The number of nitrogens with one attached hydrogen (secondary N) is 1. The van der Waals surface area contributed by atoms with Gasteiger partial charge < -0.3 is 10.1 Å². The van der Waals surface area contributed by atoms with Crippen LogP contribution in [0.2, 0.25) is 0 Å². The van der Waals surface area contributed by atoms with Crippen LogP contribution in [-0.2, 0) is 4.74 Å². The zero-order valence-electron chi connectivity index (χ0n) is 11.8. The molecule has 0 aromatic rings. The summed E-state index contributed by atoms with van der Waals surface area (Å²) in [5.74, 6) is 4.11. The summed E-state index contributed by atoms with van der Waals surface area (Å²) in [4.78, 5) is 0. The largest absolute Gasteiger partial charge is 0.374 e. The third-order valence-electron chi connectivity index (χ3n) is 5.54. The van der Waals surface area contributed by atoms with Crippen LogP contribution in [0.3, 0.4) is 0 Å². The maximum Gasteiger partial charge on any atom is 0.0783 e. The molecule has 3 unspecified atom stereocenters. The van der Waals surface area contributed by atoms with E-state index in [-0.39, 0.29) is 5.60 Å². The summed E-state index contributed by atoms with van der Waals surface area (Å²) in [5.41, 5.74) is 0.643. The van der Waals surface area contributed by atoms with Gasteiger partial charge in [0, 0.05) is 17.9 Å². The van der Waals surface area contributed by atoms with Crippen molar-refractivity contribution >= 4 is 11.8 Å². The minimum absolute atomic E-state index is 0.236. The van der Waals surface area contributed by atoms with Crippen LogP contribution in [0, 0.1) is 11.8 Å². The lowest BCUT2D eigenvalue weighted by Gasteiger charge is -2.48. The van der Waals surface area contributed by atoms with E-state index >= 15 is 0 Å². The van der Waals surface area contributed by atoms with Crippen molar-refractivity contribution in [3.05, 3.63) is 0 Å². The molecule has 1 N–H and O–H groups in total. The second-order valence-corrected chi connectivity index (χ2v) is 7.85. The lowest BCUT2D eigenvalue weighted by atomic mass is 9.67. The Morgan fingerprint density at radius 3 is 2.83 bits per heavy atom. The molecule has 3 aliphatic rings. The van der Waals surface area contributed by atoms with Crippen LogP contribution in [0.4, 0.5) is 0 Å². The molecule has 18 heavy (non-hydrogen) atoms. The molecule has 0 radical (unpaired) electrons. The van der Waals surface area contributed by atoms with E-state index in [4.69, 9.17) is 4.74 Å². The molecule has 3 fully saturated rings. The third kappa shape index (κ3) is 2.12. The van der Waals surface area contributed by atoms with Crippen molar-refractivity contribution in [2.24, 2.45) is 11.8 Å². The first-order valence-electron chi connectivity index (χ1n) is 7.64. The molecule has 1 spiro atoms. The van der Waals surface area contributed by atoms with Crippen molar-refractivity contribution in [1.29, 1.82) is 0 Å². The van der Waals surface area contributed by atoms with Crippen LogP contribution in [0.1, 0.15) is 46.0 Å². The molecule has 0 bridgehead atoms. The van der Waals surface area contributed by atoms with E-state index in [1.165, 1.54) is 50.2 Å². The van der Waals surface area contributed by atoms with Gasteiger partial charge in [-0.05, 0) is 56.2 Å². The van der Waals surface area contributed by atoms with Gasteiger partial charge in [-0.2, -0.15) is 11.8 Å². The fraction of sp³-hybridized carbons (Fsp3) is 1.00. The van der Waals surface area contributed by atoms with Gasteiger partial charge in [-0.3, -0.25) is 0 Å². The highest BCUT2D eigenvalue weighted by molar-refractivity contribution is 7.99. The summed E-state index contributed by atoms with van der Waals surface area (Å²) in [6.45, 7) is 7.02. The Kier molecular flexibility index (Phi) is 3.68. The SMILES string of the molecule is CC(C)C1(C2CCOC3(CCSC3)C2)CCCN1. The van der Waals surface area contributed by atoms with Gasteiger partial charge in [-0.15, -0.1) is 0 Å². The Hall–Kier alpha value is 0.270. The molecule has 0 aliphatic carbocycles. The quantitative estimate of drug-likeness (QED) is 0.832. The predicted molar refractivity (Wildman–Crippen MR) is 78.2 cm³/mol. The van der Waals surface area contributed by atoms with Crippen molar-refractivity contribution in [2.75, 3.05) is 24.7 Å². The van der Waals surface area contributed by atoms with E-state index in [9.17, 15) is 0 Å². The average Bonchev–Trinajstić information content (AvgIpc) is 2.99. The van der Waals surface area contributed by atoms with E-state index in [0.717, 1.165) is 18.4 Å². The Bertz CT molecular complexity index is 293. The molecular weight excluding hydrogens is 242 g/mol. The van der Waals surface area contributed by atoms with Gasteiger partial charge in [-0.1, -0.05) is 13.8 Å². The lowest BCUT2D eigenvalue weighted by molar-refractivity contribution is -0.0993. The number of hydrogen-bond acceptors (Lipinski definition) is 3. The first-order valence-corrected chi connectivity index (χ1v) is 8.79. The van der Waals surface area contributed by atoms with E-state index in [1.807, 2.05) is 0 Å². The molecule has 3 atom stereocenters. The zero-order chi connectivity index (χ0) is 12.6. The number of thioether (sulfide) groups is 1.